The molecule has 2 heterocycles. The van der Waals surface area contributed by atoms with Gasteiger partial charge in [0, 0.05) is 65.6 Å². The van der Waals surface area contributed by atoms with Crippen LogP contribution in [0.25, 0.3) is 0 Å². The Morgan fingerprint density at radius 3 is 2.59 bits per heavy atom. The van der Waals surface area contributed by atoms with Crippen LogP contribution in [0.2, 0.25) is 0 Å². The first-order chi connectivity index (χ1) is 15.2. The minimum atomic E-state index is 0. The number of guanidine groups is 1. The smallest absolute Gasteiger partial charge is 0.193 e. The van der Waals surface area contributed by atoms with Crippen LogP contribution in [0.3, 0.4) is 0 Å². The second kappa shape index (κ2) is 15.1. The fourth-order valence-electron chi connectivity index (χ4n) is 4.72. The van der Waals surface area contributed by atoms with Gasteiger partial charge in [-0.2, -0.15) is 0 Å². The number of rotatable bonds is 10. The van der Waals surface area contributed by atoms with Crippen LogP contribution >= 0.6 is 24.0 Å². The van der Waals surface area contributed by atoms with Gasteiger partial charge >= 0.3 is 0 Å². The maximum absolute atomic E-state index is 6.01. The molecular formula is C25H43IN4O2. The van der Waals surface area contributed by atoms with Gasteiger partial charge in [0.05, 0.1) is 6.10 Å². The zero-order valence-corrected chi connectivity index (χ0v) is 22.5. The van der Waals surface area contributed by atoms with Crippen molar-refractivity contribution in [2.24, 2.45) is 10.9 Å². The fourth-order valence-corrected chi connectivity index (χ4v) is 4.72. The van der Waals surface area contributed by atoms with Gasteiger partial charge in [0.2, 0.25) is 0 Å². The summed E-state index contributed by atoms with van der Waals surface area (Å²) in [7, 11) is 1.74. The molecule has 0 spiro atoms. The Kier molecular flexibility index (Phi) is 12.9. The number of likely N-dealkylation sites (tertiary alicyclic amines) is 2. The highest BCUT2D eigenvalue weighted by molar-refractivity contribution is 14.0. The van der Waals surface area contributed by atoms with Crippen molar-refractivity contribution in [3.63, 3.8) is 0 Å². The summed E-state index contributed by atoms with van der Waals surface area (Å²) in [6.07, 6.45) is 4.72. The predicted molar refractivity (Wildman–Crippen MR) is 143 cm³/mol. The van der Waals surface area contributed by atoms with Gasteiger partial charge in [-0.1, -0.05) is 30.3 Å². The molecule has 0 aliphatic carbocycles. The Labute approximate surface area is 212 Å². The van der Waals surface area contributed by atoms with Crippen LogP contribution in [0, 0.1) is 5.92 Å². The number of nitrogens with zero attached hydrogens (tertiary/aromatic N) is 3. The van der Waals surface area contributed by atoms with E-state index in [1.807, 2.05) is 0 Å². The number of piperidine rings is 1. The predicted octanol–water partition coefficient (Wildman–Crippen LogP) is 4.00. The number of nitrogens with one attached hydrogen (secondary N) is 1. The van der Waals surface area contributed by atoms with Crippen LogP contribution in [0.15, 0.2) is 35.3 Å². The molecule has 1 aromatic carbocycles. The van der Waals surface area contributed by atoms with Gasteiger partial charge in [0.25, 0.3) is 0 Å². The topological polar surface area (TPSA) is 49.3 Å². The maximum atomic E-state index is 6.01. The highest BCUT2D eigenvalue weighted by Crippen LogP contribution is 2.25. The lowest BCUT2D eigenvalue weighted by Gasteiger charge is -2.34. The highest BCUT2D eigenvalue weighted by Gasteiger charge is 2.29. The number of hydrogen-bond acceptors (Lipinski definition) is 4. The van der Waals surface area contributed by atoms with E-state index >= 15 is 0 Å². The van der Waals surface area contributed by atoms with Gasteiger partial charge in [-0.25, -0.2) is 0 Å². The van der Waals surface area contributed by atoms with Crippen LogP contribution in [0.5, 0.6) is 0 Å². The number of hydrogen-bond donors (Lipinski definition) is 1. The van der Waals surface area contributed by atoms with Crippen molar-refractivity contribution in [1.82, 2.24) is 15.1 Å². The number of benzene rings is 1. The molecule has 0 bridgehead atoms. The lowest BCUT2D eigenvalue weighted by atomic mass is 10.1. The number of ether oxygens (including phenoxy) is 2. The van der Waals surface area contributed by atoms with Crippen molar-refractivity contribution in [3.8, 4) is 0 Å². The normalized spacial score (nSPS) is 22.7. The van der Waals surface area contributed by atoms with Gasteiger partial charge in [-0.3, -0.25) is 9.89 Å². The maximum Gasteiger partial charge on any atom is 0.193 e. The summed E-state index contributed by atoms with van der Waals surface area (Å²) in [5, 5.41) is 3.52. The molecule has 2 aliphatic heterocycles. The lowest BCUT2D eigenvalue weighted by molar-refractivity contribution is 0.00989. The van der Waals surface area contributed by atoms with E-state index in [1.54, 1.807) is 7.11 Å². The number of aliphatic imine (C=N–C) groups is 1. The Morgan fingerprint density at radius 1 is 1.16 bits per heavy atom. The van der Waals surface area contributed by atoms with E-state index in [2.05, 4.69) is 59.3 Å². The minimum absolute atomic E-state index is 0. The molecule has 0 aromatic heterocycles. The summed E-state index contributed by atoms with van der Waals surface area (Å²) in [6, 6.07) is 11.4. The van der Waals surface area contributed by atoms with E-state index in [0.717, 1.165) is 77.7 Å². The zero-order chi connectivity index (χ0) is 21.9. The zero-order valence-electron chi connectivity index (χ0n) is 20.2. The standard InChI is InChI=1S/C25H42N4O2.HI/c1-4-26-25(28-13-11-24(12-14-28)31-16-8-15-30-3)27-18-23-17-21(2)29(20-23)19-22-9-6-5-7-10-22;/h5-7,9-10,21,23-24H,4,8,11-20H2,1-3H3,(H,26,27);1H. The lowest BCUT2D eigenvalue weighted by Crippen LogP contribution is -2.47. The Hall–Kier alpha value is -0.900. The second-order valence-corrected chi connectivity index (χ2v) is 8.96. The first-order valence-corrected chi connectivity index (χ1v) is 12.1. The summed E-state index contributed by atoms with van der Waals surface area (Å²) in [5.41, 5.74) is 1.40. The number of halogens is 1. The molecule has 2 saturated heterocycles. The summed E-state index contributed by atoms with van der Waals surface area (Å²) in [6.45, 7) is 12.1. The molecule has 3 rings (SSSR count). The SMILES string of the molecule is CCNC(=NCC1CC(C)N(Cc2ccccc2)C1)N1CCC(OCCCOC)CC1.I. The molecule has 6 nitrogen and oxygen atoms in total. The van der Waals surface area contributed by atoms with E-state index in [9.17, 15) is 0 Å². The van der Waals surface area contributed by atoms with Crippen molar-refractivity contribution in [1.29, 1.82) is 0 Å². The summed E-state index contributed by atoms with van der Waals surface area (Å²) in [4.78, 5) is 10.1. The fraction of sp³-hybridized carbons (Fsp3) is 0.720. The molecule has 32 heavy (non-hydrogen) atoms. The first-order valence-electron chi connectivity index (χ1n) is 12.1. The third kappa shape index (κ3) is 8.80. The first kappa shape index (κ1) is 27.3. The molecule has 182 valence electrons. The molecule has 2 aliphatic rings. The monoisotopic (exact) mass is 558 g/mol. The average molecular weight is 559 g/mol. The van der Waals surface area contributed by atoms with Crippen LogP contribution < -0.4 is 5.32 Å². The quantitative estimate of drug-likeness (QED) is 0.204. The molecular weight excluding hydrogens is 515 g/mol. The molecule has 0 saturated carbocycles. The van der Waals surface area contributed by atoms with E-state index in [1.165, 1.54) is 12.0 Å². The van der Waals surface area contributed by atoms with Crippen molar-refractivity contribution < 1.29 is 9.47 Å². The highest BCUT2D eigenvalue weighted by atomic mass is 127. The van der Waals surface area contributed by atoms with Crippen molar-refractivity contribution >= 4 is 29.9 Å². The van der Waals surface area contributed by atoms with Gasteiger partial charge in [0.1, 0.15) is 0 Å². The van der Waals surface area contributed by atoms with Gasteiger partial charge in [-0.05, 0) is 51.0 Å². The average Bonchev–Trinajstić information content (AvgIpc) is 3.14. The Morgan fingerprint density at radius 2 is 1.91 bits per heavy atom. The van der Waals surface area contributed by atoms with E-state index in [-0.39, 0.29) is 24.0 Å². The third-order valence-corrected chi connectivity index (χ3v) is 6.44. The van der Waals surface area contributed by atoms with Crippen molar-refractivity contribution in [3.05, 3.63) is 35.9 Å². The largest absolute Gasteiger partial charge is 0.385 e. The van der Waals surface area contributed by atoms with E-state index in [4.69, 9.17) is 14.5 Å². The van der Waals surface area contributed by atoms with Gasteiger partial charge in [-0.15, -0.1) is 24.0 Å². The molecule has 1 N–H and O–H groups in total. The molecule has 2 unspecified atom stereocenters. The Balaban J connectivity index is 0.00000363. The van der Waals surface area contributed by atoms with Crippen LogP contribution in [-0.4, -0.2) is 81.0 Å². The Bertz CT molecular complexity index is 653. The molecule has 2 fully saturated rings. The molecule has 2 atom stereocenters. The summed E-state index contributed by atoms with van der Waals surface area (Å²) in [5.74, 6) is 1.71. The molecule has 7 heteroatoms. The van der Waals surface area contributed by atoms with Gasteiger partial charge < -0.3 is 19.7 Å². The van der Waals surface area contributed by atoms with E-state index in [0.29, 0.717) is 18.1 Å². The van der Waals surface area contributed by atoms with Crippen LogP contribution in [0.1, 0.15) is 45.1 Å². The second-order valence-electron chi connectivity index (χ2n) is 8.96. The number of methoxy groups -OCH3 is 1. The van der Waals surface area contributed by atoms with E-state index < -0.39 is 0 Å². The van der Waals surface area contributed by atoms with Crippen molar-refractivity contribution in [2.75, 3.05) is 53.0 Å². The molecule has 1 aromatic rings. The third-order valence-electron chi connectivity index (χ3n) is 6.44. The summed E-state index contributed by atoms with van der Waals surface area (Å²) >= 11 is 0. The van der Waals surface area contributed by atoms with Crippen molar-refractivity contribution in [2.45, 2.75) is 58.2 Å². The van der Waals surface area contributed by atoms with Crippen LogP contribution in [-0.2, 0) is 16.0 Å². The summed E-state index contributed by atoms with van der Waals surface area (Å²) < 4.78 is 11.1. The van der Waals surface area contributed by atoms with Crippen LogP contribution in [0.4, 0.5) is 0 Å². The molecule has 0 radical (unpaired) electrons. The van der Waals surface area contributed by atoms with Gasteiger partial charge in [0.15, 0.2) is 5.96 Å². The molecule has 0 amide bonds. The minimum Gasteiger partial charge on any atom is -0.385 e.